The highest BCUT2D eigenvalue weighted by Gasteiger charge is 2.62. The monoisotopic (exact) mass is 486 g/mol. The minimum Gasteiger partial charge on any atom is -0.393 e. The molecule has 5 atom stereocenters. The fourth-order valence-corrected chi connectivity index (χ4v) is 7.66. The predicted molar refractivity (Wildman–Crippen MR) is 148 cm³/mol. The topological polar surface area (TPSA) is 65.4 Å². The number of nitrogens with zero attached hydrogens (tertiary/aromatic N) is 1. The Morgan fingerprint density at radius 3 is 2.61 bits per heavy atom. The van der Waals surface area contributed by atoms with Gasteiger partial charge in [-0.05, 0) is 92.1 Å². The number of hydrogen-bond donors (Lipinski definition) is 3. The van der Waals surface area contributed by atoms with Gasteiger partial charge in [-0.1, -0.05) is 62.8 Å². The van der Waals surface area contributed by atoms with Crippen LogP contribution in [0.5, 0.6) is 0 Å². The van der Waals surface area contributed by atoms with Crippen LogP contribution in [0.1, 0.15) is 64.9 Å². The molecule has 1 heterocycles. The number of benzene rings is 1. The summed E-state index contributed by atoms with van der Waals surface area (Å²) in [6.07, 6.45) is 16.0. The third-order valence-electron chi connectivity index (χ3n) is 9.78. The Morgan fingerprint density at radius 2 is 1.83 bits per heavy atom. The highest BCUT2D eigenvalue weighted by atomic mass is 16.3. The fourth-order valence-electron chi connectivity index (χ4n) is 7.66. The molecule has 36 heavy (non-hydrogen) atoms. The van der Waals surface area contributed by atoms with Crippen LogP contribution in [-0.4, -0.2) is 41.0 Å². The first-order chi connectivity index (χ1) is 17.2. The van der Waals surface area contributed by atoms with E-state index in [1.54, 1.807) is 0 Å². The lowest BCUT2D eigenvalue weighted by Crippen LogP contribution is -2.55. The number of allylic oxidation sites excluding steroid dienone is 3. The van der Waals surface area contributed by atoms with Gasteiger partial charge in [0.15, 0.2) is 0 Å². The fraction of sp³-hybridized carbons (Fsp3) is 0.531. The number of hydrogen-bond acceptors (Lipinski definition) is 4. The zero-order valence-electron chi connectivity index (χ0n) is 22.5. The van der Waals surface area contributed by atoms with Gasteiger partial charge in [0.1, 0.15) is 0 Å². The van der Waals surface area contributed by atoms with E-state index in [0.717, 1.165) is 49.5 Å². The molecule has 0 amide bonds. The lowest BCUT2D eigenvalue weighted by atomic mass is 9.49. The molecule has 0 saturated heterocycles. The molecule has 1 aromatic heterocycles. The molecule has 0 radical (unpaired) electrons. The molecule has 3 N–H and O–H groups in total. The van der Waals surface area contributed by atoms with Gasteiger partial charge >= 0.3 is 0 Å². The quantitative estimate of drug-likeness (QED) is 0.458. The summed E-state index contributed by atoms with van der Waals surface area (Å²) in [6.45, 7) is 7.07. The first-order valence-electron chi connectivity index (χ1n) is 13.6. The van der Waals surface area contributed by atoms with Gasteiger partial charge in [-0.15, -0.1) is 0 Å². The summed E-state index contributed by atoms with van der Waals surface area (Å²) in [6, 6.07) is 8.63. The van der Waals surface area contributed by atoms with Crippen LogP contribution >= 0.6 is 0 Å². The molecule has 0 spiro atoms. The molecule has 4 aliphatic rings. The first-order valence-corrected chi connectivity index (χ1v) is 13.6. The van der Waals surface area contributed by atoms with Gasteiger partial charge in [0, 0.05) is 29.1 Å². The van der Waals surface area contributed by atoms with E-state index in [1.807, 2.05) is 26.5 Å². The summed E-state index contributed by atoms with van der Waals surface area (Å²) in [4.78, 5) is 4.33. The second kappa shape index (κ2) is 9.24. The Balaban J connectivity index is 0.000000848. The molecule has 0 aliphatic heterocycles. The highest BCUT2D eigenvalue weighted by molar-refractivity contribution is 5.95. The molecule has 192 valence electrons. The number of fused-ring (bicyclic) bond motifs is 5. The summed E-state index contributed by atoms with van der Waals surface area (Å²) in [7, 11) is 3.75. The largest absolute Gasteiger partial charge is 0.393 e. The number of nitrogens with one attached hydrogen (secondary N) is 1. The Bertz CT molecular complexity index is 1240. The third-order valence-corrected chi connectivity index (χ3v) is 9.78. The summed E-state index contributed by atoms with van der Waals surface area (Å²) in [5, 5.41) is 27.9. The van der Waals surface area contributed by atoms with E-state index in [-0.39, 0.29) is 22.9 Å². The van der Waals surface area contributed by atoms with E-state index in [4.69, 9.17) is 0 Å². The molecular formula is C32H42N2O2. The van der Waals surface area contributed by atoms with Crippen LogP contribution in [0.25, 0.3) is 16.3 Å². The molecule has 2 aromatic rings. The van der Waals surface area contributed by atoms with Crippen molar-refractivity contribution in [3.63, 3.8) is 0 Å². The number of aliphatic hydroxyl groups excluding tert-OH is 1. The number of aliphatic hydroxyl groups is 2. The Morgan fingerprint density at radius 1 is 1.06 bits per heavy atom. The van der Waals surface area contributed by atoms with Gasteiger partial charge in [0.2, 0.25) is 0 Å². The van der Waals surface area contributed by atoms with E-state index >= 15 is 0 Å². The van der Waals surface area contributed by atoms with Gasteiger partial charge < -0.3 is 15.5 Å². The van der Waals surface area contributed by atoms with Crippen molar-refractivity contribution in [2.45, 2.75) is 71.0 Å². The highest BCUT2D eigenvalue weighted by Crippen LogP contribution is 2.67. The first kappa shape index (κ1) is 25.4. The van der Waals surface area contributed by atoms with Crippen molar-refractivity contribution in [1.82, 2.24) is 10.3 Å². The van der Waals surface area contributed by atoms with Crippen molar-refractivity contribution in [2.24, 2.45) is 22.7 Å². The lowest BCUT2D eigenvalue weighted by Gasteiger charge is -2.56. The van der Waals surface area contributed by atoms with Gasteiger partial charge in [0.25, 0.3) is 0 Å². The van der Waals surface area contributed by atoms with E-state index in [2.05, 4.69) is 73.6 Å². The average Bonchev–Trinajstić information content (AvgIpc) is 3.15. The Labute approximate surface area is 216 Å². The van der Waals surface area contributed by atoms with Crippen LogP contribution in [0.2, 0.25) is 0 Å². The van der Waals surface area contributed by atoms with Gasteiger partial charge in [0.05, 0.1) is 11.7 Å². The zero-order valence-corrected chi connectivity index (χ0v) is 22.5. The summed E-state index contributed by atoms with van der Waals surface area (Å²) >= 11 is 0. The lowest BCUT2D eigenvalue weighted by molar-refractivity contribution is -0.0651. The minimum atomic E-state index is -0.829. The van der Waals surface area contributed by atoms with Crippen LogP contribution in [0.4, 0.5) is 0 Å². The van der Waals surface area contributed by atoms with E-state index in [0.29, 0.717) is 5.92 Å². The van der Waals surface area contributed by atoms with Gasteiger partial charge in [-0.25, -0.2) is 0 Å². The molecule has 4 nitrogen and oxygen atoms in total. The van der Waals surface area contributed by atoms with Crippen LogP contribution < -0.4 is 5.32 Å². The summed E-state index contributed by atoms with van der Waals surface area (Å²) in [5.74, 6) is 0.631. The maximum Gasteiger partial charge on any atom is 0.0933 e. The second-order valence-electron chi connectivity index (χ2n) is 12.1. The molecule has 6 rings (SSSR count). The average molecular weight is 487 g/mol. The maximum atomic E-state index is 12.4. The molecule has 1 fully saturated rings. The standard InChI is InChI=1S/C30H35NO2.C2H7N/c1-28(2)17-22-15-21-16-23(32)8-7-19(21)11-13-30(22,33)27-10-9-26(29(27,28)3)25-6-4-5-20-18-31-14-12-24(20)25;1-3-2/h4-6,9,12,14-15,17-19,23,27,32-33H,7-8,10-11,13,16H2,1-3H3;3H,1-2H3/t19?,23?,27?,29?,30-;/m1./s1. The normalized spacial score (nSPS) is 34.6. The molecule has 4 heteroatoms. The third kappa shape index (κ3) is 3.81. The maximum absolute atomic E-state index is 12.4. The van der Waals surface area contributed by atoms with Crippen LogP contribution in [-0.2, 0) is 0 Å². The molecule has 4 unspecified atom stereocenters. The number of rotatable bonds is 1. The summed E-state index contributed by atoms with van der Waals surface area (Å²) in [5.41, 5.74) is 3.95. The van der Waals surface area contributed by atoms with Crippen molar-refractivity contribution in [1.29, 1.82) is 0 Å². The smallest absolute Gasteiger partial charge is 0.0933 e. The van der Waals surface area contributed by atoms with Gasteiger partial charge in [-0.3, -0.25) is 4.98 Å². The van der Waals surface area contributed by atoms with Crippen molar-refractivity contribution in [2.75, 3.05) is 14.1 Å². The van der Waals surface area contributed by atoms with E-state index < -0.39 is 5.60 Å². The van der Waals surface area contributed by atoms with E-state index in [9.17, 15) is 10.2 Å². The molecule has 4 aliphatic carbocycles. The second-order valence-corrected chi connectivity index (χ2v) is 12.1. The molecular weight excluding hydrogens is 444 g/mol. The van der Waals surface area contributed by atoms with Crippen LogP contribution in [0.3, 0.4) is 0 Å². The Hall–Kier alpha value is -2.27. The number of aromatic nitrogens is 1. The van der Waals surface area contributed by atoms with Crippen molar-refractivity contribution >= 4 is 16.3 Å². The number of pyridine rings is 1. The molecule has 1 aromatic carbocycles. The van der Waals surface area contributed by atoms with Crippen molar-refractivity contribution < 1.29 is 10.2 Å². The summed E-state index contributed by atoms with van der Waals surface area (Å²) < 4.78 is 0. The van der Waals surface area contributed by atoms with Crippen molar-refractivity contribution in [3.8, 4) is 0 Å². The predicted octanol–water partition coefficient (Wildman–Crippen LogP) is 6.06. The van der Waals surface area contributed by atoms with Gasteiger partial charge in [-0.2, -0.15) is 0 Å². The zero-order chi connectivity index (χ0) is 25.7. The Kier molecular flexibility index (Phi) is 6.51. The van der Waals surface area contributed by atoms with Crippen molar-refractivity contribution in [3.05, 3.63) is 71.6 Å². The van der Waals surface area contributed by atoms with Crippen LogP contribution in [0, 0.1) is 22.7 Å². The SMILES string of the molecule is CC1(C)C=C2C=C3CC(O)CCC3CC[C@]2(O)C2CC=C(c3cccc4cnccc34)C21C.CNC. The molecule has 0 bridgehead atoms. The molecule has 1 saturated carbocycles. The van der Waals surface area contributed by atoms with Crippen LogP contribution in [0.15, 0.2) is 66.0 Å². The van der Waals surface area contributed by atoms with E-state index in [1.165, 1.54) is 22.1 Å². The minimum absolute atomic E-state index is 0.124.